The fourth-order valence-corrected chi connectivity index (χ4v) is 3.88. The maximum atomic E-state index is 5.65. The molecule has 0 amide bonds. The van der Waals surface area contributed by atoms with Crippen LogP contribution in [-0.2, 0) is 24.2 Å². The molecule has 1 fully saturated rings. The maximum absolute atomic E-state index is 5.65. The van der Waals surface area contributed by atoms with Crippen molar-refractivity contribution < 1.29 is 4.74 Å². The highest BCUT2D eigenvalue weighted by atomic mass is 16.5. The van der Waals surface area contributed by atoms with E-state index in [0.717, 1.165) is 83.4 Å². The minimum atomic E-state index is 0.720. The zero-order chi connectivity index (χ0) is 20.7. The summed E-state index contributed by atoms with van der Waals surface area (Å²) in [5.74, 6) is 0.720. The van der Waals surface area contributed by atoms with Crippen LogP contribution in [0.4, 0.5) is 0 Å². The third-order valence-electron chi connectivity index (χ3n) is 5.65. The standard InChI is InChI=1S/C25H38N4O/c1-2-14-29-25(5-1)21-28-20-24-8-6-22(7-9-24)19-23-10-15-26-12-3-17-30-18-4-13-27-16-11-23/h1-2,5-9,14,23,26-28H,3-4,10-13,15-21H2. The Bertz CT molecular complexity index is 663. The first-order valence-electron chi connectivity index (χ1n) is 11.6. The van der Waals surface area contributed by atoms with Gasteiger partial charge in [-0.15, -0.1) is 0 Å². The monoisotopic (exact) mass is 410 g/mol. The predicted octanol–water partition coefficient (Wildman–Crippen LogP) is 3.30. The molecule has 0 bridgehead atoms. The van der Waals surface area contributed by atoms with Crippen LogP contribution < -0.4 is 16.0 Å². The predicted molar refractivity (Wildman–Crippen MR) is 123 cm³/mol. The smallest absolute Gasteiger partial charge is 0.0541 e. The topological polar surface area (TPSA) is 58.2 Å². The molecule has 1 aliphatic heterocycles. The molecule has 164 valence electrons. The summed E-state index contributed by atoms with van der Waals surface area (Å²) in [5, 5.41) is 10.7. The van der Waals surface area contributed by atoms with Crippen molar-refractivity contribution >= 4 is 0 Å². The fourth-order valence-electron chi connectivity index (χ4n) is 3.88. The quantitative estimate of drug-likeness (QED) is 0.682. The van der Waals surface area contributed by atoms with E-state index in [2.05, 4.69) is 51.3 Å². The highest BCUT2D eigenvalue weighted by Crippen LogP contribution is 2.16. The molecule has 0 radical (unpaired) electrons. The van der Waals surface area contributed by atoms with Crippen LogP contribution in [0.5, 0.6) is 0 Å². The summed E-state index contributed by atoms with van der Waals surface area (Å²) in [6.45, 7) is 7.74. The number of nitrogens with zero attached hydrogens (tertiary/aromatic N) is 1. The van der Waals surface area contributed by atoms with E-state index in [4.69, 9.17) is 4.74 Å². The molecule has 2 heterocycles. The Labute approximate surface area is 182 Å². The lowest BCUT2D eigenvalue weighted by atomic mass is 9.92. The van der Waals surface area contributed by atoms with Crippen LogP contribution in [-0.4, -0.2) is 44.4 Å². The van der Waals surface area contributed by atoms with E-state index in [9.17, 15) is 0 Å². The molecule has 1 aromatic heterocycles. The first-order chi connectivity index (χ1) is 14.9. The molecule has 0 unspecified atom stereocenters. The van der Waals surface area contributed by atoms with Crippen LogP contribution in [0.3, 0.4) is 0 Å². The maximum Gasteiger partial charge on any atom is 0.0541 e. The van der Waals surface area contributed by atoms with Gasteiger partial charge in [-0.05, 0) is 87.5 Å². The third-order valence-corrected chi connectivity index (χ3v) is 5.65. The van der Waals surface area contributed by atoms with Crippen LogP contribution in [0.25, 0.3) is 0 Å². The van der Waals surface area contributed by atoms with Gasteiger partial charge >= 0.3 is 0 Å². The van der Waals surface area contributed by atoms with Crippen LogP contribution >= 0.6 is 0 Å². The second-order valence-corrected chi connectivity index (χ2v) is 8.21. The summed E-state index contributed by atoms with van der Waals surface area (Å²) in [6, 6.07) is 15.2. The molecule has 0 saturated carbocycles. The first-order valence-corrected chi connectivity index (χ1v) is 11.6. The van der Waals surface area contributed by atoms with Crippen LogP contribution in [0, 0.1) is 5.92 Å². The van der Waals surface area contributed by atoms with Gasteiger partial charge in [-0.3, -0.25) is 4.98 Å². The number of rotatable bonds is 6. The first kappa shape index (κ1) is 22.9. The van der Waals surface area contributed by atoms with Gasteiger partial charge in [-0.2, -0.15) is 0 Å². The summed E-state index contributed by atoms with van der Waals surface area (Å²) in [5.41, 5.74) is 3.85. The number of aromatic nitrogens is 1. The second-order valence-electron chi connectivity index (χ2n) is 8.21. The minimum Gasteiger partial charge on any atom is -0.381 e. The Morgan fingerprint density at radius 2 is 1.53 bits per heavy atom. The van der Waals surface area contributed by atoms with Crippen molar-refractivity contribution in [3.05, 3.63) is 65.5 Å². The summed E-state index contributed by atoms with van der Waals surface area (Å²) >= 11 is 0. The van der Waals surface area contributed by atoms with Crippen LogP contribution in [0.15, 0.2) is 48.7 Å². The van der Waals surface area contributed by atoms with Crippen molar-refractivity contribution in [2.45, 2.75) is 45.2 Å². The van der Waals surface area contributed by atoms with E-state index in [1.165, 1.54) is 24.0 Å². The molecule has 3 rings (SSSR count). The van der Waals surface area contributed by atoms with E-state index >= 15 is 0 Å². The Morgan fingerprint density at radius 3 is 2.20 bits per heavy atom. The molecule has 1 saturated heterocycles. The molecule has 0 atom stereocenters. The van der Waals surface area contributed by atoms with Crippen molar-refractivity contribution in [1.29, 1.82) is 0 Å². The largest absolute Gasteiger partial charge is 0.381 e. The lowest BCUT2D eigenvalue weighted by Gasteiger charge is -2.19. The molecule has 5 nitrogen and oxygen atoms in total. The van der Waals surface area contributed by atoms with Gasteiger partial charge in [-0.25, -0.2) is 0 Å². The molecule has 1 aliphatic rings. The average Bonchev–Trinajstić information content (AvgIpc) is 2.78. The average molecular weight is 411 g/mol. The molecular weight excluding hydrogens is 372 g/mol. The fraction of sp³-hybridized carbons (Fsp3) is 0.560. The third kappa shape index (κ3) is 9.35. The van der Waals surface area contributed by atoms with Crippen LogP contribution in [0.2, 0.25) is 0 Å². The zero-order valence-electron chi connectivity index (χ0n) is 18.2. The summed E-state index contributed by atoms with van der Waals surface area (Å²) < 4.78 is 5.65. The lowest BCUT2D eigenvalue weighted by Crippen LogP contribution is -2.25. The number of nitrogens with one attached hydrogen (secondary N) is 3. The normalized spacial score (nSPS) is 18.0. The van der Waals surface area contributed by atoms with E-state index in [1.54, 1.807) is 0 Å². The highest BCUT2D eigenvalue weighted by Gasteiger charge is 2.10. The number of pyridine rings is 1. The Kier molecular flexibility index (Phi) is 10.9. The Hall–Kier alpha value is -1.79. The van der Waals surface area contributed by atoms with Gasteiger partial charge in [0.1, 0.15) is 0 Å². The molecule has 5 heteroatoms. The summed E-state index contributed by atoms with van der Waals surface area (Å²) in [6.07, 6.45) is 7.68. The van der Waals surface area contributed by atoms with E-state index in [-0.39, 0.29) is 0 Å². The van der Waals surface area contributed by atoms with Gasteiger partial charge in [0.05, 0.1) is 5.69 Å². The van der Waals surface area contributed by atoms with Gasteiger partial charge in [-0.1, -0.05) is 30.3 Å². The molecule has 2 aromatic rings. The molecule has 0 aliphatic carbocycles. The number of benzene rings is 1. The number of ether oxygens (including phenoxy) is 1. The SMILES string of the molecule is c1ccc(CNCc2ccc(CC3CCNCCCOCCCNCC3)cc2)nc1. The lowest BCUT2D eigenvalue weighted by molar-refractivity contribution is 0.128. The molecule has 30 heavy (non-hydrogen) atoms. The highest BCUT2D eigenvalue weighted by molar-refractivity contribution is 5.23. The van der Waals surface area contributed by atoms with Crippen LogP contribution in [0.1, 0.15) is 42.5 Å². The number of hydrogen-bond donors (Lipinski definition) is 3. The van der Waals surface area contributed by atoms with Crippen molar-refractivity contribution in [1.82, 2.24) is 20.9 Å². The van der Waals surface area contributed by atoms with Crippen molar-refractivity contribution in [3.63, 3.8) is 0 Å². The van der Waals surface area contributed by atoms with Crippen molar-refractivity contribution in [2.75, 3.05) is 39.4 Å². The Morgan fingerprint density at radius 1 is 0.833 bits per heavy atom. The summed E-state index contributed by atoms with van der Waals surface area (Å²) in [7, 11) is 0. The van der Waals surface area contributed by atoms with E-state index in [1.807, 2.05) is 18.3 Å². The molecular formula is C25H38N4O. The van der Waals surface area contributed by atoms with Crippen molar-refractivity contribution in [2.24, 2.45) is 5.92 Å². The molecule has 1 aromatic carbocycles. The van der Waals surface area contributed by atoms with Gasteiger partial charge < -0.3 is 20.7 Å². The minimum absolute atomic E-state index is 0.720. The van der Waals surface area contributed by atoms with E-state index in [0.29, 0.717) is 0 Å². The van der Waals surface area contributed by atoms with Gasteiger partial charge in [0.2, 0.25) is 0 Å². The van der Waals surface area contributed by atoms with Crippen molar-refractivity contribution in [3.8, 4) is 0 Å². The van der Waals surface area contributed by atoms with Gasteiger partial charge in [0, 0.05) is 32.5 Å². The van der Waals surface area contributed by atoms with Gasteiger partial charge in [0.15, 0.2) is 0 Å². The van der Waals surface area contributed by atoms with E-state index < -0.39 is 0 Å². The van der Waals surface area contributed by atoms with Gasteiger partial charge in [0.25, 0.3) is 0 Å². The number of hydrogen-bond acceptors (Lipinski definition) is 5. The Balaban J connectivity index is 1.42. The molecule has 3 N–H and O–H groups in total. The second kappa shape index (κ2) is 14.3. The molecule has 0 spiro atoms. The zero-order valence-corrected chi connectivity index (χ0v) is 18.2. The summed E-state index contributed by atoms with van der Waals surface area (Å²) in [4.78, 5) is 4.36.